The number of carbonyl (C=O) groups excluding carboxylic acids is 1. The zero-order valence-corrected chi connectivity index (χ0v) is 17.7. The molecule has 0 saturated heterocycles. The van der Waals surface area contributed by atoms with Crippen LogP contribution in [0.3, 0.4) is 0 Å². The van der Waals surface area contributed by atoms with E-state index in [0.717, 1.165) is 18.4 Å². The summed E-state index contributed by atoms with van der Waals surface area (Å²) < 4.78 is 33.2. The minimum atomic E-state index is -3.76. The normalized spacial score (nSPS) is 15.2. The molecule has 0 spiro atoms. The van der Waals surface area contributed by atoms with Gasteiger partial charge in [0.2, 0.25) is 10.0 Å². The Hall–Kier alpha value is -2.42. The van der Waals surface area contributed by atoms with E-state index >= 15 is 0 Å². The molecule has 0 unspecified atom stereocenters. The van der Waals surface area contributed by atoms with Crippen molar-refractivity contribution in [3.05, 3.63) is 59.7 Å². The molecule has 7 nitrogen and oxygen atoms in total. The molecular weight excluding hydrogens is 390 g/mol. The molecule has 29 heavy (non-hydrogen) atoms. The molecule has 2 N–H and O–H groups in total. The number of carbonyl (C=O) groups is 1. The average Bonchev–Trinajstić information content (AvgIpc) is 3.50. The van der Waals surface area contributed by atoms with E-state index in [1.165, 1.54) is 19.2 Å². The maximum Gasteiger partial charge on any atom is 0.251 e. The lowest BCUT2D eigenvalue weighted by Gasteiger charge is -2.23. The molecule has 1 fully saturated rings. The average molecular weight is 418 g/mol. The first-order valence-corrected chi connectivity index (χ1v) is 11.0. The van der Waals surface area contributed by atoms with E-state index in [1.54, 1.807) is 6.07 Å². The summed E-state index contributed by atoms with van der Waals surface area (Å²) in [7, 11) is 1.52. The minimum absolute atomic E-state index is 0.0246. The fraction of sp³-hybridized carbons (Fsp3) is 0.381. The van der Waals surface area contributed by atoms with Crippen molar-refractivity contribution in [2.24, 2.45) is 0 Å². The number of likely N-dealkylation sites (N-methyl/N-ethyl adjacent to an activating group) is 1. The van der Waals surface area contributed by atoms with E-state index in [1.807, 2.05) is 49.3 Å². The van der Waals surface area contributed by atoms with Gasteiger partial charge >= 0.3 is 0 Å². The maximum absolute atomic E-state index is 12.9. The van der Waals surface area contributed by atoms with Crippen molar-refractivity contribution in [1.82, 2.24) is 14.9 Å². The van der Waals surface area contributed by atoms with Crippen molar-refractivity contribution < 1.29 is 17.9 Å². The number of ether oxygens (including phenoxy) is 1. The first-order chi connectivity index (χ1) is 13.8. The fourth-order valence-corrected chi connectivity index (χ4v) is 4.54. The van der Waals surface area contributed by atoms with Crippen LogP contribution < -0.4 is 14.8 Å². The zero-order chi connectivity index (χ0) is 21.0. The number of amides is 1. The van der Waals surface area contributed by atoms with E-state index in [-0.39, 0.29) is 34.2 Å². The Morgan fingerprint density at radius 3 is 2.45 bits per heavy atom. The lowest BCUT2D eigenvalue weighted by Crippen LogP contribution is -2.35. The molecule has 2 aromatic carbocycles. The van der Waals surface area contributed by atoms with Crippen LogP contribution >= 0.6 is 0 Å². The van der Waals surface area contributed by atoms with Crippen molar-refractivity contribution in [3.8, 4) is 5.75 Å². The molecule has 1 saturated carbocycles. The van der Waals surface area contributed by atoms with Gasteiger partial charge in [0.05, 0.1) is 13.2 Å². The van der Waals surface area contributed by atoms with Crippen LogP contribution in [-0.4, -0.2) is 53.0 Å². The number of sulfonamides is 1. The molecule has 1 amide bonds. The van der Waals surface area contributed by atoms with E-state index < -0.39 is 10.0 Å². The molecule has 156 valence electrons. The molecule has 0 bridgehead atoms. The lowest BCUT2D eigenvalue weighted by molar-refractivity contribution is 0.0929. The molecule has 0 heterocycles. The first kappa shape index (κ1) is 21.3. The Labute approximate surface area is 172 Å². The highest BCUT2D eigenvalue weighted by Gasteiger charge is 2.30. The highest BCUT2D eigenvalue weighted by Crippen LogP contribution is 2.28. The number of hydrogen-bond donors (Lipinski definition) is 2. The van der Waals surface area contributed by atoms with Gasteiger partial charge in [-0.25, -0.2) is 13.1 Å². The third kappa shape index (κ3) is 5.56. The summed E-state index contributed by atoms with van der Waals surface area (Å²) >= 11 is 0. The Morgan fingerprint density at radius 1 is 1.17 bits per heavy atom. The standard InChI is InChI=1S/C21H27N3O4S/c1-24(2)14-18(15-7-5-4-6-8-15)22-21(25)16-9-12-19(28-3)20(13-16)29(26,27)23-17-10-11-17/h4-9,12-13,17-18,23H,10-11,14H2,1-3H3,(H,22,25)/t18-/m0/s1. The van der Waals surface area contributed by atoms with Crippen LogP contribution in [0.1, 0.15) is 34.8 Å². The van der Waals surface area contributed by atoms with Gasteiger partial charge in [0, 0.05) is 18.2 Å². The van der Waals surface area contributed by atoms with Gasteiger partial charge in [0.25, 0.3) is 5.91 Å². The third-order valence-corrected chi connectivity index (χ3v) is 6.21. The fourth-order valence-electron chi connectivity index (χ4n) is 3.04. The summed E-state index contributed by atoms with van der Waals surface area (Å²) in [5.74, 6) is -0.131. The van der Waals surface area contributed by atoms with E-state index in [9.17, 15) is 13.2 Å². The molecule has 1 atom stereocenters. The molecule has 0 radical (unpaired) electrons. The van der Waals surface area contributed by atoms with Crippen LogP contribution in [0, 0.1) is 0 Å². The van der Waals surface area contributed by atoms with Gasteiger partial charge in [-0.05, 0) is 50.7 Å². The molecule has 1 aliphatic carbocycles. The summed E-state index contributed by atoms with van der Waals surface area (Å²) in [6.45, 7) is 0.611. The lowest BCUT2D eigenvalue weighted by atomic mass is 10.1. The highest BCUT2D eigenvalue weighted by molar-refractivity contribution is 7.89. The Bertz CT molecular complexity index is 957. The Kier molecular flexibility index (Phi) is 6.56. The second-order valence-corrected chi connectivity index (χ2v) is 9.14. The first-order valence-electron chi connectivity index (χ1n) is 9.51. The summed E-state index contributed by atoms with van der Waals surface area (Å²) in [5.41, 5.74) is 1.24. The molecule has 3 rings (SSSR count). The molecule has 1 aliphatic rings. The quantitative estimate of drug-likeness (QED) is 0.653. The van der Waals surface area contributed by atoms with Crippen molar-refractivity contribution in [2.45, 2.75) is 29.8 Å². The third-order valence-electron chi connectivity index (χ3n) is 4.67. The number of nitrogens with zero attached hydrogens (tertiary/aromatic N) is 1. The van der Waals surface area contributed by atoms with Crippen LogP contribution in [-0.2, 0) is 10.0 Å². The van der Waals surface area contributed by atoms with Crippen LogP contribution in [0.2, 0.25) is 0 Å². The van der Waals surface area contributed by atoms with Crippen LogP contribution in [0.5, 0.6) is 5.75 Å². The maximum atomic E-state index is 12.9. The van der Waals surface area contributed by atoms with E-state index in [0.29, 0.717) is 6.54 Å². The second kappa shape index (κ2) is 8.94. The predicted octanol–water partition coefficient (Wildman–Crippen LogP) is 2.17. The number of hydrogen-bond acceptors (Lipinski definition) is 5. The number of benzene rings is 2. The zero-order valence-electron chi connectivity index (χ0n) is 16.9. The molecule has 0 aliphatic heterocycles. The van der Waals surface area contributed by atoms with Crippen LogP contribution in [0.25, 0.3) is 0 Å². The highest BCUT2D eigenvalue weighted by atomic mass is 32.2. The van der Waals surface area contributed by atoms with Crippen molar-refractivity contribution in [3.63, 3.8) is 0 Å². The summed E-state index contributed by atoms with van der Waals surface area (Å²) in [6, 6.07) is 13.9. The Balaban J connectivity index is 1.86. The molecule has 2 aromatic rings. The van der Waals surface area contributed by atoms with Gasteiger partial charge in [-0.15, -0.1) is 0 Å². The van der Waals surface area contributed by atoms with Crippen molar-refractivity contribution >= 4 is 15.9 Å². The molecule has 0 aromatic heterocycles. The largest absolute Gasteiger partial charge is 0.495 e. The van der Waals surface area contributed by atoms with Gasteiger partial charge in [0.15, 0.2) is 0 Å². The van der Waals surface area contributed by atoms with E-state index in [2.05, 4.69) is 10.0 Å². The summed E-state index contributed by atoms with van der Waals surface area (Å²) in [5, 5.41) is 3.01. The summed E-state index contributed by atoms with van der Waals surface area (Å²) in [6.07, 6.45) is 1.65. The SMILES string of the molecule is COc1ccc(C(=O)N[C@@H](CN(C)C)c2ccccc2)cc1S(=O)(=O)NC1CC1. The van der Waals surface area contributed by atoms with Crippen molar-refractivity contribution in [2.75, 3.05) is 27.7 Å². The summed E-state index contributed by atoms with van der Waals surface area (Å²) in [4.78, 5) is 14.9. The second-order valence-electron chi connectivity index (χ2n) is 7.46. The number of nitrogens with one attached hydrogen (secondary N) is 2. The topological polar surface area (TPSA) is 87.7 Å². The van der Waals surface area contributed by atoms with Gasteiger partial charge < -0.3 is 15.0 Å². The predicted molar refractivity (Wildman–Crippen MR) is 112 cm³/mol. The van der Waals surface area contributed by atoms with Crippen molar-refractivity contribution in [1.29, 1.82) is 0 Å². The molecule has 8 heteroatoms. The monoisotopic (exact) mass is 417 g/mol. The van der Waals surface area contributed by atoms with Crippen LogP contribution in [0.15, 0.2) is 53.4 Å². The smallest absolute Gasteiger partial charge is 0.251 e. The van der Waals surface area contributed by atoms with Gasteiger partial charge in [-0.3, -0.25) is 4.79 Å². The number of methoxy groups -OCH3 is 1. The van der Waals surface area contributed by atoms with Gasteiger partial charge in [-0.1, -0.05) is 30.3 Å². The van der Waals surface area contributed by atoms with Gasteiger partial charge in [-0.2, -0.15) is 0 Å². The number of rotatable bonds is 9. The minimum Gasteiger partial charge on any atom is -0.495 e. The molecular formula is C21H27N3O4S. The van der Waals surface area contributed by atoms with Crippen LogP contribution in [0.4, 0.5) is 0 Å². The van der Waals surface area contributed by atoms with Gasteiger partial charge in [0.1, 0.15) is 10.6 Å². The van der Waals surface area contributed by atoms with E-state index in [4.69, 9.17) is 4.74 Å². The Morgan fingerprint density at radius 2 is 1.86 bits per heavy atom.